The van der Waals surface area contributed by atoms with Crippen LogP contribution in [0.15, 0.2) is 47.0 Å². The lowest BCUT2D eigenvalue weighted by atomic mass is 10.1. The molecule has 0 spiro atoms. The van der Waals surface area contributed by atoms with Gasteiger partial charge >= 0.3 is 0 Å². The summed E-state index contributed by atoms with van der Waals surface area (Å²) in [6.07, 6.45) is 0.161. The molecular weight excluding hydrogens is 380 g/mol. The first kappa shape index (κ1) is 17.0. The van der Waals surface area contributed by atoms with E-state index >= 15 is 0 Å². The zero-order valence-corrected chi connectivity index (χ0v) is 14.8. The smallest absolute Gasteiger partial charge is 0.232 e. The molecule has 0 radical (unpaired) electrons. The van der Waals surface area contributed by atoms with Crippen molar-refractivity contribution in [2.24, 2.45) is 0 Å². The first-order valence-corrected chi connectivity index (χ1v) is 8.62. The number of amides is 1. The lowest BCUT2D eigenvalue weighted by molar-refractivity contribution is -0.117. The van der Waals surface area contributed by atoms with Crippen LogP contribution in [-0.4, -0.2) is 22.6 Å². The Bertz CT molecular complexity index is 975. The number of rotatable bonds is 3. The van der Waals surface area contributed by atoms with E-state index in [-0.39, 0.29) is 35.5 Å². The standard InChI is InChI=1S/C18H12Cl2FN3O2/c19-12-6-4-10(5-7-12)17-22-18(26-23-17)11-8-15(25)24(9-11)14-3-1-2-13(20)16(14)21/h1-7,11H,8-9H2. The maximum Gasteiger partial charge on any atom is 0.232 e. The van der Waals surface area contributed by atoms with E-state index in [9.17, 15) is 9.18 Å². The van der Waals surface area contributed by atoms with E-state index < -0.39 is 5.82 Å². The molecule has 132 valence electrons. The number of carbonyl (C=O) groups is 1. The van der Waals surface area contributed by atoms with Gasteiger partial charge in [0.25, 0.3) is 0 Å². The van der Waals surface area contributed by atoms with E-state index in [1.807, 2.05) is 0 Å². The second kappa shape index (κ2) is 6.70. The number of hydrogen-bond acceptors (Lipinski definition) is 4. The highest BCUT2D eigenvalue weighted by Crippen LogP contribution is 2.34. The SMILES string of the molecule is O=C1CC(c2nc(-c3ccc(Cl)cc3)no2)CN1c1cccc(Cl)c1F. The minimum atomic E-state index is -0.615. The zero-order chi connectivity index (χ0) is 18.3. The van der Waals surface area contributed by atoms with Crippen LogP contribution in [-0.2, 0) is 4.79 Å². The van der Waals surface area contributed by atoms with Crippen molar-refractivity contribution in [2.75, 3.05) is 11.4 Å². The first-order valence-electron chi connectivity index (χ1n) is 7.87. The topological polar surface area (TPSA) is 59.2 Å². The van der Waals surface area contributed by atoms with Crippen LogP contribution in [0.2, 0.25) is 10.0 Å². The Morgan fingerprint density at radius 1 is 1.15 bits per heavy atom. The molecule has 4 rings (SSSR count). The second-order valence-corrected chi connectivity index (χ2v) is 6.79. The van der Waals surface area contributed by atoms with Crippen molar-refractivity contribution < 1.29 is 13.7 Å². The second-order valence-electron chi connectivity index (χ2n) is 5.94. The third-order valence-corrected chi connectivity index (χ3v) is 4.78. The molecule has 1 aromatic heterocycles. The van der Waals surface area contributed by atoms with Gasteiger partial charge in [-0.05, 0) is 36.4 Å². The van der Waals surface area contributed by atoms with E-state index in [1.54, 1.807) is 30.3 Å². The third kappa shape index (κ3) is 3.06. The van der Waals surface area contributed by atoms with E-state index in [4.69, 9.17) is 27.7 Å². The molecule has 2 heterocycles. The Kier molecular flexibility index (Phi) is 4.38. The van der Waals surface area contributed by atoms with Gasteiger partial charge in [0.05, 0.1) is 16.6 Å². The molecule has 26 heavy (non-hydrogen) atoms. The highest BCUT2D eigenvalue weighted by molar-refractivity contribution is 6.31. The summed E-state index contributed by atoms with van der Waals surface area (Å²) in [7, 11) is 0. The largest absolute Gasteiger partial charge is 0.339 e. The predicted molar refractivity (Wildman–Crippen MR) is 95.9 cm³/mol. The molecule has 0 saturated carbocycles. The maximum atomic E-state index is 14.2. The van der Waals surface area contributed by atoms with Crippen LogP contribution in [0.1, 0.15) is 18.2 Å². The Labute approximate surface area is 158 Å². The molecule has 2 aromatic carbocycles. The van der Waals surface area contributed by atoms with Crippen molar-refractivity contribution in [2.45, 2.75) is 12.3 Å². The Balaban J connectivity index is 1.58. The van der Waals surface area contributed by atoms with Crippen molar-refractivity contribution in [3.8, 4) is 11.4 Å². The number of benzene rings is 2. The number of aromatic nitrogens is 2. The van der Waals surface area contributed by atoms with Crippen LogP contribution in [0.4, 0.5) is 10.1 Å². The molecule has 5 nitrogen and oxygen atoms in total. The van der Waals surface area contributed by atoms with Crippen LogP contribution < -0.4 is 4.90 Å². The summed E-state index contributed by atoms with van der Waals surface area (Å²) in [5, 5.41) is 4.54. The number of halogens is 3. The highest BCUT2D eigenvalue weighted by Gasteiger charge is 2.36. The molecule has 1 aliphatic rings. The molecule has 0 aliphatic carbocycles. The van der Waals surface area contributed by atoms with Gasteiger partial charge in [0.2, 0.25) is 17.6 Å². The lowest BCUT2D eigenvalue weighted by Gasteiger charge is -2.17. The van der Waals surface area contributed by atoms with E-state index in [0.717, 1.165) is 5.56 Å². The maximum absolute atomic E-state index is 14.2. The van der Waals surface area contributed by atoms with Gasteiger partial charge in [-0.25, -0.2) is 4.39 Å². The van der Waals surface area contributed by atoms with Crippen LogP contribution in [0.25, 0.3) is 11.4 Å². The Hall–Kier alpha value is -2.44. The van der Waals surface area contributed by atoms with Gasteiger partial charge in [0.15, 0.2) is 5.82 Å². The van der Waals surface area contributed by atoms with Gasteiger partial charge in [-0.3, -0.25) is 4.79 Å². The zero-order valence-electron chi connectivity index (χ0n) is 13.3. The lowest BCUT2D eigenvalue weighted by Crippen LogP contribution is -2.25. The molecule has 8 heteroatoms. The van der Waals surface area contributed by atoms with Gasteiger partial charge in [0, 0.05) is 23.6 Å². The number of nitrogens with zero attached hydrogens (tertiary/aromatic N) is 3. The summed E-state index contributed by atoms with van der Waals surface area (Å²) in [6.45, 7) is 0.248. The van der Waals surface area contributed by atoms with Gasteiger partial charge < -0.3 is 9.42 Å². The van der Waals surface area contributed by atoms with Crippen molar-refractivity contribution in [1.82, 2.24) is 10.1 Å². The van der Waals surface area contributed by atoms with Crippen molar-refractivity contribution in [3.05, 3.63) is 64.2 Å². The van der Waals surface area contributed by atoms with E-state index in [2.05, 4.69) is 10.1 Å². The van der Waals surface area contributed by atoms with Crippen LogP contribution in [0.3, 0.4) is 0 Å². The molecule has 1 fully saturated rings. The average Bonchev–Trinajstić information content (AvgIpc) is 3.25. The fraction of sp³-hybridized carbons (Fsp3) is 0.167. The van der Waals surface area contributed by atoms with E-state index in [0.29, 0.717) is 16.7 Å². The van der Waals surface area contributed by atoms with Crippen LogP contribution in [0.5, 0.6) is 0 Å². The van der Waals surface area contributed by atoms with Crippen LogP contribution in [0, 0.1) is 5.82 Å². The first-order chi connectivity index (χ1) is 12.5. The molecule has 0 bridgehead atoms. The molecule has 1 aliphatic heterocycles. The number of carbonyl (C=O) groups excluding carboxylic acids is 1. The highest BCUT2D eigenvalue weighted by atomic mass is 35.5. The summed E-state index contributed by atoms with van der Waals surface area (Å²) in [5.41, 5.74) is 0.911. The molecule has 3 aromatic rings. The summed E-state index contributed by atoms with van der Waals surface area (Å²) >= 11 is 11.7. The third-order valence-electron chi connectivity index (χ3n) is 4.24. The van der Waals surface area contributed by atoms with E-state index in [1.165, 1.54) is 17.0 Å². The number of anilines is 1. The predicted octanol–water partition coefficient (Wildman–Crippen LogP) is 4.70. The molecule has 1 unspecified atom stereocenters. The summed E-state index contributed by atoms with van der Waals surface area (Å²) in [4.78, 5) is 18.1. The summed E-state index contributed by atoms with van der Waals surface area (Å²) < 4.78 is 19.6. The van der Waals surface area contributed by atoms with Gasteiger partial charge in [0.1, 0.15) is 0 Å². The summed E-state index contributed by atoms with van der Waals surface area (Å²) in [6, 6.07) is 11.6. The van der Waals surface area contributed by atoms with Gasteiger partial charge in [-0.15, -0.1) is 0 Å². The molecule has 1 atom stereocenters. The van der Waals surface area contributed by atoms with Crippen molar-refractivity contribution >= 4 is 34.8 Å². The molecule has 0 N–H and O–H groups in total. The summed E-state index contributed by atoms with van der Waals surface area (Å²) in [5.74, 6) is -0.392. The average molecular weight is 392 g/mol. The van der Waals surface area contributed by atoms with Crippen molar-refractivity contribution in [1.29, 1.82) is 0 Å². The number of hydrogen-bond donors (Lipinski definition) is 0. The molecular formula is C18H12Cl2FN3O2. The van der Waals surface area contributed by atoms with Crippen LogP contribution >= 0.6 is 23.2 Å². The molecule has 1 amide bonds. The fourth-order valence-corrected chi connectivity index (χ4v) is 3.22. The Morgan fingerprint density at radius 2 is 1.92 bits per heavy atom. The normalized spacial score (nSPS) is 17.1. The van der Waals surface area contributed by atoms with Crippen molar-refractivity contribution in [3.63, 3.8) is 0 Å². The minimum Gasteiger partial charge on any atom is -0.339 e. The minimum absolute atomic E-state index is 0.0263. The Morgan fingerprint density at radius 3 is 2.69 bits per heavy atom. The quantitative estimate of drug-likeness (QED) is 0.648. The van der Waals surface area contributed by atoms with Gasteiger partial charge in [-0.2, -0.15) is 4.98 Å². The monoisotopic (exact) mass is 391 g/mol. The fourth-order valence-electron chi connectivity index (χ4n) is 2.92. The van der Waals surface area contributed by atoms with Gasteiger partial charge in [-0.1, -0.05) is 34.4 Å². The molecule has 1 saturated heterocycles.